The lowest BCUT2D eigenvalue weighted by atomic mass is 9.73. The van der Waals surface area contributed by atoms with Crippen molar-refractivity contribution in [3.8, 4) is 11.5 Å². The lowest BCUT2D eigenvalue weighted by Crippen LogP contribution is -2.59. The Labute approximate surface area is 262 Å². The topological polar surface area (TPSA) is 106 Å². The molecule has 0 aromatic heterocycles. The highest BCUT2D eigenvalue weighted by Gasteiger charge is 2.73. The molecule has 5 aliphatic rings. The van der Waals surface area contributed by atoms with Crippen LogP contribution in [0.25, 0.3) is 0 Å². The molecule has 1 spiro atoms. The third-order valence-electron chi connectivity index (χ3n) is 10.4. The fourth-order valence-corrected chi connectivity index (χ4v) is 7.96. The van der Waals surface area contributed by atoms with Crippen LogP contribution in [0.2, 0.25) is 5.02 Å². The number of nitrogens with one attached hydrogen (secondary N) is 2. The molecule has 4 aliphatic heterocycles. The molecule has 9 atom stereocenters. The van der Waals surface area contributed by atoms with Crippen LogP contribution in [0.1, 0.15) is 38.7 Å². The van der Waals surface area contributed by atoms with Gasteiger partial charge in [0.25, 0.3) is 0 Å². The summed E-state index contributed by atoms with van der Waals surface area (Å²) in [6.07, 6.45) is 5.57. The number of hydrogen-bond donors (Lipinski definition) is 2. The van der Waals surface area contributed by atoms with Crippen molar-refractivity contribution in [1.29, 1.82) is 0 Å². The van der Waals surface area contributed by atoms with Crippen molar-refractivity contribution < 1.29 is 28.6 Å². The number of carbonyl (C=O) groups excluding carboxylic acids is 3. The maximum Gasteiger partial charge on any atom is 0.246 e. The number of para-hydroxylation sites is 2. The molecule has 2 bridgehead atoms. The van der Waals surface area contributed by atoms with E-state index in [-0.39, 0.29) is 36.9 Å². The van der Waals surface area contributed by atoms with Crippen LogP contribution in [0, 0.1) is 30.6 Å². The van der Waals surface area contributed by atoms with Gasteiger partial charge >= 0.3 is 0 Å². The molecule has 10 heteroatoms. The maximum atomic E-state index is 14.4. The van der Waals surface area contributed by atoms with Crippen LogP contribution >= 0.6 is 11.6 Å². The second-order valence-electron chi connectivity index (χ2n) is 13.0. The average molecular weight is 620 g/mol. The van der Waals surface area contributed by atoms with Crippen molar-refractivity contribution in [3.63, 3.8) is 0 Å². The van der Waals surface area contributed by atoms with Crippen LogP contribution in [-0.2, 0) is 19.1 Å². The number of anilines is 1. The summed E-state index contributed by atoms with van der Waals surface area (Å²) < 4.78 is 18.7. The van der Waals surface area contributed by atoms with Crippen LogP contribution < -0.4 is 20.1 Å². The van der Waals surface area contributed by atoms with Crippen LogP contribution in [-0.4, -0.2) is 65.7 Å². The van der Waals surface area contributed by atoms with Crippen LogP contribution in [0.15, 0.2) is 54.6 Å². The fraction of sp³-hybridized carbons (Fsp3) is 0.500. The van der Waals surface area contributed by atoms with Crippen LogP contribution in [0.4, 0.5) is 5.69 Å². The molecule has 4 heterocycles. The number of benzene rings is 2. The summed E-state index contributed by atoms with van der Waals surface area (Å²) in [6.45, 7) is 6.62. The molecule has 2 aromatic rings. The molecule has 232 valence electrons. The Kier molecular flexibility index (Phi) is 7.36. The van der Waals surface area contributed by atoms with E-state index < -0.39 is 35.7 Å². The summed E-state index contributed by atoms with van der Waals surface area (Å²) in [6, 6.07) is 11.7. The lowest BCUT2D eigenvalue weighted by molar-refractivity contribution is -0.143. The average Bonchev–Trinajstić information content (AvgIpc) is 3.65. The van der Waals surface area contributed by atoms with E-state index in [0.29, 0.717) is 34.0 Å². The maximum absolute atomic E-state index is 14.4. The number of hydrogen-bond acceptors (Lipinski definition) is 6. The second kappa shape index (κ2) is 11.1. The van der Waals surface area contributed by atoms with Gasteiger partial charge in [-0.25, -0.2) is 0 Å². The smallest absolute Gasteiger partial charge is 0.246 e. The number of amides is 3. The zero-order valence-electron chi connectivity index (χ0n) is 25.1. The van der Waals surface area contributed by atoms with Gasteiger partial charge in [0.05, 0.1) is 24.5 Å². The van der Waals surface area contributed by atoms with Gasteiger partial charge in [0.15, 0.2) is 17.6 Å². The Morgan fingerprint density at radius 2 is 1.89 bits per heavy atom. The number of ether oxygens (including phenoxy) is 3. The van der Waals surface area contributed by atoms with E-state index in [2.05, 4.69) is 24.5 Å². The SMILES string of the molecule is Cc1ccc(NC(=O)C2C3C=CC4(O3)C2C(=O)N(CC2COc3ccccc3O2)C4C(=O)NC2CCCC(C)C2C)cc1Cl. The number of rotatable bonds is 6. The Balaban J connectivity index is 1.19. The Bertz CT molecular complexity index is 1530. The van der Waals surface area contributed by atoms with E-state index in [1.807, 2.05) is 49.4 Å². The fourth-order valence-electron chi connectivity index (χ4n) is 7.78. The largest absolute Gasteiger partial charge is 0.486 e. The number of fused-ring (bicyclic) bond motifs is 2. The Morgan fingerprint density at radius 3 is 2.68 bits per heavy atom. The molecule has 2 N–H and O–H groups in total. The molecule has 2 saturated heterocycles. The van der Waals surface area contributed by atoms with Gasteiger partial charge in [-0.2, -0.15) is 0 Å². The minimum Gasteiger partial charge on any atom is -0.486 e. The summed E-state index contributed by atoms with van der Waals surface area (Å²) >= 11 is 6.31. The minimum absolute atomic E-state index is 0.00671. The third-order valence-corrected chi connectivity index (χ3v) is 10.8. The predicted octanol–water partition coefficient (Wildman–Crippen LogP) is 4.52. The molecular formula is C34H38ClN3O6. The Hall–Kier alpha value is -3.56. The molecule has 2 aromatic carbocycles. The Morgan fingerprint density at radius 1 is 1.09 bits per heavy atom. The first-order valence-corrected chi connectivity index (χ1v) is 16.0. The molecule has 9 nitrogen and oxygen atoms in total. The standard InChI is InChI=1S/C34H38ClN3O6/c1-18-7-6-8-24(20(18)3)37-32(40)30-34-14-13-27(44-34)28(31(39)36-21-12-11-19(2)23(35)15-21)29(34)33(41)38(30)16-22-17-42-25-9-4-5-10-26(25)43-22/h4-5,9-15,18,20,22,24,27-30H,6-8,16-17H2,1-3H3,(H,36,39)(H,37,40). The van der Waals surface area contributed by atoms with Gasteiger partial charge in [0, 0.05) is 16.8 Å². The monoisotopic (exact) mass is 619 g/mol. The second-order valence-corrected chi connectivity index (χ2v) is 13.4. The van der Waals surface area contributed by atoms with E-state index in [1.165, 1.54) is 0 Å². The van der Waals surface area contributed by atoms with Gasteiger partial charge in [-0.15, -0.1) is 0 Å². The van der Waals surface area contributed by atoms with Crippen molar-refractivity contribution >= 4 is 35.0 Å². The molecule has 0 radical (unpaired) electrons. The highest BCUT2D eigenvalue weighted by atomic mass is 35.5. The summed E-state index contributed by atoms with van der Waals surface area (Å²) in [5.74, 6) is -0.580. The van der Waals surface area contributed by atoms with Crippen molar-refractivity contribution in [2.45, 2.75) is 69.9 Å². The van der Waals surface area contributed by atoms with E-state index in [9.17, 15) is 14.4 Å². The van der Waals surface area contributed by atoms with Crippen LogP contribution in [0.5, 0.6) is 11.5 Å². The summed E-state index contributed by atoms with van der Waals surface area (Å²) in [4.78, 5) is 44.1. The van der Waals surface area contributed by atoms with Gasteiger partial charge in [-0.1, -0.05) is 68.6 Å². The summed E-state index contributed by atoms with van der Waals surface area (Å²) in [5.41, 5.74) is 0.161. The molecule has 3 amide bonds. The zero-order valence-corrected chi connectivity index (χ0v) is 25.9. The first-order chi connectivity index (χ1) is 21.2. The van der Waals surface area contributed by atoms with E-state index >= 15 is 0 Å². The van der Waals surface area contributed by atoms with Crippen molar-refractivity contribution in [3.05, 3.63) is 65.2 Å². The first-order valence-electron chi connectivity index (χ1n) is 15.6. The van der Waals surface area contributed by atoms with E-state index in [1.54, 1.807) is 17.0 Å². The van der Waals surface area contributed by atoms with Crippen molar-refractivity contribution in [2.24, 2.45) is 23.7 Å². The molecular weight excluding hydrogens is 582 g/mol. The van der Waals surface area contributed by atoms with Gasteiger partial charge in [0.1, 0.15) is 18.2 Å². The molecule has 9 unspecified atom stereocenters. The number of aryl methyl sites for hydroxylation is 1. The van der Waals surface area contributed by atoms with E-state index in [0.717, 1.165) is 24.8 Å². The molecule has 1 aliphatic carbocycles. The van der Waals surface area contributed by atoms with Crippen molar-refractivity contribution in [1.82, 2.24) is 10.2 Å². The first kappa shape index (κ1) is 29.2. The molecule has 3 fully saturated rings. The number of nitrogens with zero attached hydrogens (tertiary/aromatic N) is 1. The van der Waals surface area contributed by atoms with Crippen molar-refractivity contribution in [2.75, 3.05) is 18.5 Å². The van der Waals surface area contributed by atoms with Gasteiger partial charge in [-0.05, 0) is 55.0 Å². The molecule has 44 heavy (non-hydrogen) atoms. The summed E-state index contributed by atoms with van der Waals surface area (Å²) in [7, 11) is 0. The third kappa shape index (κ3) is 4.76. The zero-order chi connectivity index (χ0) is 30.7. The van der Waals surface area contributed by atoms with Gasteiger partial charge in [0.2, 0.25) is 17.7 Å². The highest BCUT2D eigenvalue weighted by Crippen LogP contribution is 2.55. The minimum atomic E-state index is -1.27. The predicted molar refractivity (Wildman–Crippen MR) is 165 cm³/mol. The normalized spacial score (nSPS) is 35.0. The molecule has 1 saturated carbocycles. The van der Waals surface area contributed by atoms with Crippen LogP contribution in [0.3, 0.4) is 0 Å². The quantitative estimate of drug-likeness (QED) is 0.461. The van der Waals surface area contributed by atoms with Gasteiger partial charge in [-0.3, -0.25) is 14.4 Å². The van der Waals surface area contributed by atoms with Gasteiger partial charge < -0.3 is 29.7 Å². The highest BCUT2D eigenvalue weighted by molar-refractivity contribution is 6.31. The van der Waals surface area contributed by atoms with E-state index in [4.69, 9.17) is 25.8 Å². The number of halogens is 1. The summed E-state index contributed by atoms with van der Waals surface area (Å²) in [5, 5.41) is 6.77. The number of carbonyl (C=O) groups is 3. The number of likely N-dealkylation sites (tertiary alicyclic amines) is 1. The molecule has 7 rings (SSSR count). The lowest BCUT2D eigenvalue weighted by Gasteiger charge is -2.38.